The second-order valence-electron chi connectivity index (χ2n) is 8.14. The molecule has 176 valence electrons. The maximum absolute atomic E-state index is 14.1. The molecule has 2 aromatic rings. The lowest BCUT2D eigenvalue weighted by Crippen LogP contribution is -2.51. The number of nitrogens with zero attached hydrogens (tertiary/aromatic N) is 4. The summed E-state index contributed by atoms with van der Waals surface area (Å²) in [6.45, 7) is 4.09. The summed E-state index contributed by atoms with van der Waals surface area (Å²) in [5.74, 6) is 1.06. The number of piperazine rings is 1. The van der Waals surface area contributed by atoms with Crippen molar-refractivity contribution < 1.29 is 23.5 Å². The number of rotatable bonds is 7. The van der Waals surface area contributed by atoms with Crippen LogP contribution in [0, 0.1) is 5.82 Å². The Labute approximate surface area is 193 Å². The quantitative estimate of drug-likeness (QED) is 0.640. The van der Waals surface area contributed by atoms with Gasteiger partial charge in [0.1, 0.15) is 23.9 Å². The maximum atomic E-state index is 14.1. The van der Waals surface area contributed by atoms with Gasteiger partial charge in [-0.1, -0.05) is 12.1 Å². The van der Waals surface area contributed by atoms with Gasteiger partial charge in [0.05, 0.1) is 19.9 Å². The Morgan fingerprint density at radius 3 is 2.42 bits per heavy atom. The van der Waals surface area contributed by atoms with E-state index >= 15 is 0 Å². The summed E-state index contributed by atoms with van der Waals surface area (Å²) in [7, 11) is 3.28. The number of carbonyl (C=O) groups is 2. The average Bonchev–Trinajstić information content (AvgIpc) is 3.19. The predicted molar refractivity (Wildman–Crippen MR) is 122 cm³/mol. The minimum absolute atomic E-state index is 0.00743. The topological polar surface area (TPSA) is 65.6 Å². The average molecular weight is 457 g/mol. The summed E-state index contributed by atoms with van der Waals surface area (Å²) in [5, 5.41) is 0. The first-order valence-electron chi connectivity index (χ1n) is 11.0. The van der Waals surface area contributed by atoms with Crippen LogP contribution in [0.5, 0.6) is 11.5 Å². The first kappa shape index (κ1) is 22.8. The van der Waals surface area contributed by atoms with E-state index in [2.05, 4.69) is 4.90 Å². The molecular weight excluding hydrogens is 427 g/mol. The maximum Gasteiger partial charge on any atom is 0.325 e. The monoisotopic (exact) mass is 456 g/mol. The van der Waals surface area contributed by atoms with Crippen LogP contribution in [0.3, 0.4) is 0 Å². The van der Waals surface area contributed by atoms with Gasteiger partial charge in [0.2, 0.25) is 5.91 Å². The number of para-hydroxylation sites is 1. The minimum atomic E-state index is -0.442. The number of methoxy groups -OCH3 is 2. The molecule has 0 N–H and O–H groups in total. The zero-order chi connectivity index (χ0) is 23.4. The van der Waals surface area contributed by atoms with E-state index in [1.165, 1.54) is 15.9 Å². The van der Waals surface area contributed by atoms with Gasteiger partial charge in [0.25, 0.3) is 0 Å². The standard InChI is InChI=1S/C24H29FN4O4/c1-32-19-7-8-22(33-2)18(15-19)16-26-9-11-27(12-10-26)23(30)17-28-13-14-29(24(28)31)21-6-4-3-5-20(21)25/h3-8,15H,9-14,16-17H2,1-2H3. The molecule has 0 saturated carbocycles. The Morgan fingerprint density at radius 2 is 1.73 bits per heavy atom. The van der Waals surface area contributed by atoms with Crippen LogP contribution in [0.4, 0.5) is 14.9 Å². The molecule has 2 aliphatic heterocycles. The molecule has 0 radical (unpaired) electrons. The Hall–Kier alpha value is -3.33. The summed E-state index contributed by atoms with van der Waals surface area (Å²) in [6, 6.07) is 11.6. The van der Waals surface area contributed by atoms with Crippen LogP contribution in [-0.2, 0) is 11.3 Å². The fourth-order valence-electron chi connectivity index (χ4n) is 4.29. The van der Waals surface area contributed by atoms with E-state index in [4.69, 9.17) is 9.47 Å². The molecule has 9 heteroatoms. The first-order valence-corrected chi connectivity index (χ1v) is 11.0. The molecule has 33 heavy (non-hydrogen) atoms. The lowest BCUT2D eigenvalue weighted by atomic mass is 10.1. The smallest absolute Gasteiger partial charge is 0.325 e. The predicted octanol–water partition coefficient (Wildman–Crippen LogP) is 2.43. The molecule has 4 rings (SSSR count). The van der Waals surface area contributed by atoms with Crippen molar-refractivity contribution in [3.05, 3.63) is 53.8 Å². The van der Waals surface area contributed by atoms with Gasteiger partial charge in [0, 0.05) is 51.4 Å². The molecule has 2 aliphatic rings. The Kier molecular flexibility index (Phi) is 6.98. The number of ether oxygens (including phenoxy) is 2. The molecule has 3 amide bonds. The molecule has 2 fully saturated rings. The Morgan fingerprint density at radius 1 is 0.970 bits per heavy atom. The number of benzene rings is 2. The third kappa shape index (κ3) is 5.03. The highest BCUT2D eigenvalue weighted by molar-refractivity contribution is 5.96. The van der Waals surface area contributed by atoms with Gasteiger partial charge in [-0.2, -0.15) is 0 Å². The fraction of sp³-hybridized carbons (Fsp3) is 0.417. The van der Waals surface area contributed by atoms with Gasteiger partial charge < -0.3 is 19.3 Å². The van der Waals surface area contributed by atoms with Gasteiger partial charge in [0.15, 0.2) is 0 Å². The number of hydrogen-bond donors (Lipinski definition) is 0. The molecule has 2 aromatic carbocycles. The van der Waals surface area contributed by atoms with E-state index in [0.717, 1.165) is 30.2 Å². The van der Waals surface area contributed by atoms with E-state index in [1.807, 2.05) is 18.2 Å². The Bertz CT molecular complexity index is 1010. The highest BCUT2D eigenvalue weighted by Crippen LogP contribution is 2.26. The summed E-state index contributed by atoms with van der Waals surface area (Å²) >= 11 is 0. The van der Waals surface area contributed by atoms with E-state index in [0.29, 0.717) is 32.7 Å². The van der Waals surface area contributed by atoms with Crippen LogP contribution >= 0.6 is 0 Å². The number of halogens is 1. The van der Waals surface area contributed by atoms with E-state index in [1.54, 1.807) is 37.3 Å². The number of urea groups is 1. The van der Waals surface area contributed by atoms with Crippen LogP contribution in [0.25, 0.3) is 0 Å². The van der Waals surface area contributed by atoms with Crippen LogP contribution in [0.1, 0.15) is 5.56 Å². The van der Waals surface area contributed by atoms with Gasteiger partial charge in [-0.15, -0.1) is 0 Å². The van der Waals surface area contributed by atoms with E-state index < -0.39 is 5.82 Å². The van der Waals surface area contributed by atoms with E-state index in [9.17, 15) is 14.0 Å². The van der Waals surface area contributed by atoms with Crippen molar-refractivity contribution in [1.82, 2.24) is 14.7 Å². The van der Waals surface area contributed by atoms with Crippen molar-refractivity contribution in [3.63, 3.8) is 0 Å². The highest BCUT2D eigenvalue weighted by atomic mass is 19.1. The van der Waals surface area contributed by atoms with E-state index in [-0.39, 0.29) is 24.2 Å². The zero-order valence-electron chi connectivity index (χ0n) is 19.0. The van der Waals surface area contributed by atoms with Crippen molar-refractivity contribution >= 4 is 17.6 Å². The van der Waals surface area contributed by atoms with Crippen LogP contribution in [0.2, 0.25) is 0 Å². The summed E-state index contributed by atoms with van der Waals surface area (Å²) in [6.07, 6.45) is 0. The molecule has 0 unspecified atom stereocenters. The zero-order valence-corrected chi connectivity index (χ0v) is 19.0. The fourth-order valence-corrected chi connectivity index (χ4v) is 4.29. The number of amides is 3. The van der Waals surface area contributed by atoms with Gasteiger partial charge in [-0.25, -0.2) is 9.18 Å². The molecule has 0 aliphatic carbocycles. The third-order valence-electron chi connectivity index (χ3n) is 6.17. The second kappa shape index (κ2) is 10.1. The summed E-state index contributed by atoms with van der Waals surface area (Å²) in [5.41, 5.74) is 1.28. The van der Waals surface area contributed by atoms with Crippen LogP contribution in [0.15, 0.2) is 42.5 Å². The SMILES string of the molecule is COc1ccc(OC)c(CN2CCN(C(=O)CN3CCN(c4ccccc4F)C3=O)CC2)c1. The largest absolute Gasteiger partial charge is 0.497 e. The normalized spacial score (nSPS) is 16.9. The lowest BCUT2D eigenvalue weighted by molar-refractivity contribution is -0.133. The lowest BCUT2D eigenvalue weighted by Gasteiger charge is -2.35. The number of hydrogen-bond acceptors (Lipinski definition) is 5. The molecule has 0 aromatic heterocycles. The van der Waals surface area contributed by atoms with Crippen molar-refractivity contribution in [2.24, 2.45) is 0 Å². The number of carbonyl (C=O) groups excluding carboxylic acids is 2. The van der Waals surface area contributed by atoms with Crippen molar-refractivity contribution in [2.75, 3.05) is 64.9 Å². The number of anilines is 1. The van der Waals surface area contributed by atoms with Crippen LogP contribution in [-0.4, -0.2) is 86.7 Å². The molecule has 0 atom stereocenters. The molecule has 2 heterocycles. The second-order valence-corrected chi connectivity index (χ2v) is 8.14. The first-order chi connectivity index (χ1) is 16.0. The van der Waals surface area contributed by atoms with Gasteiger partial charge >= 0.3 is 6.03 Å². The van der Waals surface area contributed by atoms with Gasteiger partial charge in [-0.3, -0.25) is 14.6 Å². The Balaban J connectivity index is 1.30. The molecule has 0 spiro atoms. The summed E-state index contributed by atoms with van der Waals surface area (Å²) in [4.78, 5) is 32.5. The molecule has 0 bridgehead atoms. The van der Waals surface area contributed by atoms with Crippen molar-refractivity contribution in [3.8, 4) is 11.5 Å². The van der Waals surface area contributed by atoms with Crippen LogP contribution < -0.4 is 14.4 Å². The molecular formula is C24H29FN4O4. The minimum Gasteiger partial charge on any atom is -0.497 e. The van der Waals surface area contributed by atoms with Crippen molar-refractivity contribution in [1.29, 1.82) is 0 Å². The summed E-state index contributed by atoms with van der Waals surface area (Å²) < 4.78 is 24.9. The third-order valence-corrected chi connectivity index (χ3v) is 6.17. The molecule has 2 saturated heterocycles. The van der Waals surface area contributed by atoms with Crippen molar-refractivity contribution in [2.45, 2.75) is 6.54 Å². The van der Waals surface area contributed by atoms with Gasteiger partial charge in [-0.05, 0) is 30.3 Å². The highest BCUT2D eigenvalue weighted by Gasteiger charge is 2.33. The molecule has 8 nitrogen and oxygen atoms in total.